The maximum atomic E-state index is 12.3. The molecule has 21 heavy (non-hydrogen) atoms. The quantitative estimate of drug-likeness (QED) is 0.499. The molecule has 1 aliphatic carbocycles. The van der Waals surface area contributed by atoms with Crippen LogP contribution in [0.1, 0.15) is 39.0 Å². The number of nitro groups is 1. The summed E-state index contributed by atoms with van der Waals surface area (Å²) >= 11 is 0.730. The number of nitrogen functional groups attached to an aromatic ring is 1. The van der Waals surface area contributed by atoms with Crippen LogP contribution < -0.4 is 10.5 Å². The highest BCUT2D eigenvalue weighted by molar-refractivity contribution is 7.91. The van der Waals surface area contributed by atoms with Gasteiger partial charge in [-0.15, -0.1) is 0 Å². The molecule has 0 amide bonds. The number of nitrogens with two attached hydrogens (primary N) is 1. The van der Waals surface area contributed by atoms with Gasteiger partial charge in [0, 0.05) is 12.1 Å². The third-order valence-electron chi connectivity index (χ3n) is 3.76. The van der Waals surface area contributed by atoms with E-state index < -0.39 is 14.9 Å². The van der Waals surface area contributed by atoms with E-state index in [1.54, 1.807) is 0 Å². The van der Waals surface area contributed by atoms with Crippen molar-refractivity contribution in [3.63, 3.8) is 0 Å². The van der Waals surface area contributed by atoms with Crippen molar-refractivity contribution in [3.05, 3.63) is 16.2 Å². The molecule has 0 aromatic carbocycles. The molecule has 1 fully saturated rings. The largest absolute Gasteiger partial charge is 0.385 e. The molecule has 118 valence electrons. The van der Waals surface area contributed by atoms with E-state index in [1.807, 2.05) is 0 Å². The van der Waals surface area contributed by atoms with E-state index in [4.69, 9.17) is 5.73 Å². The summed E-state index contributed by atoms with van der Waals surface area (Å²) in [6, 6.07) is 0.920. The molecule has 0 saturated heterocycles. The van der Waals surface area contributed by atoms with Crippen LogP contribution >= 0.6 is 11.3 Å². The highest BCUT2D eigenvalue weighted by atomic mass is 32.2. The molecule has 1 aliphatic rings. The first-order chi connectivity index (χ1) is 9.79. The monoisotopic (exact) mass is 333 g/mol. The van der Waals surface area contributed by atoms with Crippen LogP contribution in [-0.4, -0.2) is 19.4 Å². The van der Waals surface area contributed by atoms with Crippen LogP contribution in [0, 0.1) is 16.0 Å². The number of hydrogen-bond donors (Lipinski definition) is 2. The first-order valence-corrected chi connectivity index (χ1v) is 9.15. The number of hydrogen-bond acceptors (Lipinski definition) is 6. The standard InChI is InChI=1S/C12H19N3O4S2/c1-8-3-2-4-9(6-5-8)14-21(18,19)11-7-10(15(16)17)12(13)20-11/h7-9,14H,2-6,13H2,1H3. The Kier molecular flexibility index (Phi) is 4.84. The molecule has 0 spiro atoms. The van der Waals surface area contributed by atoms with Crippen LogP contribution in [0.5, 0.6) is 0 Å². The van der Waals surface area contributed by atoms with E-state index in [2.05, 4.69) is 11.6 Å². The smallest absolute Gasteiger partial charge is 0.304 e. The molecular weight excluding hydrogens is 314 g/mol. The molecule has 2 rings (SSSR count). The Morgan fingerprint density at radius 1 is 1.38 bits per heavy atom. The van der Waals surface area contributed by atoms with E-state index in [0.29, 0.717) is 5.92 Å². The topological polar surface area (TPSA) is 115 Å². The number of anilines is 1. The van der Waals surface area contributed by atoms with Crippen LogP contribution in [-0.2, 0) is 10.0 Å². The van der Waals surface area contributed by atoms with Crippen molar-refractivity contribution >= 4 is 32.0 Å². The van der Waals surface area contributed by atoms with Crippen LogP contribution in [0.3, 0.4) is 0 Å². The zero-order valence-corrected chi connectivity index (χ0v) is 13.4. The van der Waals surface area contributed by atoms with E-state index in [0.717, 1.165) is 49.5 Å². The number of nitrogens with zero attached hydrogens (tertiary/aromatic N) is 1. The molecule has 0 radical (unpaired) electrons. The molecule has 7 nitrogen and oxygen atoms in total. The second kappa shape index (κ2) is 6.29. The van der Waals surface area contributed by atoms with Gasteiger partial charge in [-0.3, -0.25) is 10.1 Å². The number of sulfonamides is 1. The minimum absolute atomic E-state index is 0.0881. The average molecular weight is 333 g/mol. The lowest BCUT2D eigenvalue weighted by Crippen LogP contribution is -2.34. The normalized spacial score (nSPS) is 23.7. The van der Waals surface area contributed by atoms with Crippen molar-refractivity contribution in [3.8, 4) is 0 Å². The Morgan fingerprint density at radius 3 is 2.71 bits per heavy atom. The van der Waals surface area contributed by atoms with Crippen molar-refractivity contribution in [1.82, 2.24) is 4.72 Å². The van der Waals surface area contributed by atoms with Crippen molar-refractivity contribution in [2.45, 2.75) is 49.3 Å². The second-order valence-corrected chi connectivity index (χ2v) is 8.53. The zero-order valence-electron chi connectivity index (χ0n) is 11.7. The lowest BCUT2D eigenvalue weighted by molar-refractivity contribution is -0.383. The van der Waals surface area contributed by atoms with Crippen molar-refractivity contribution in [2.24, 2.45) is 5.92 Å². The summed E-state index contributed by atoms with van der Waals surface area (Å²) in [5.41, 5.74) is 5.15. The summed E-state index contributed by atoms with van der Waals surface area (Å²) in [4.78, 5) is 10.1. The third kappa shape index (κ3) is 3.92. The molecule has 3 N–H and O–H groups in total. The van der Waals surface area contributed by atoms with Gasteiger partial charge in [0.05, 0.1) is 4.92 Å². The number of thiophene rings is 1. The highest BCUT2D eigenvalue weighted by Crippen LogP contribution is 2.34. The molecule has 2 unspecified atom stereocenters. The van der Waals surface area contributed by atoms with Crippen molar-refractivity contribution in [1.29, 1.82) is 0 Å². The van der Waals surface area contributed by atoms with Gasteiger partial charge in [-0.05, 0) is 25.2 Å². The fourth-order valence-electron chi connectivity index (χ4n) is 2.53. The number of rotatable bonds is 4. The Balaban J connectivity index is 2.14. The van der Waals surface area contributed by atoms with Crippen LogP contribution in [0.25, 0.3) is 0 Å². The second-order valence-electron chi connectivity index (χ2n) is 5.50. The predicted molar refractivity (Wildman–Crippen MR) is 81.7 cm³/mol. The SMILES string of the molecule is CC1CCCC(NS(=O)(=O)c2cc([N+](=O)[O-])c(N)s2)CC1. The minimum Gasteiger partial charge on any atom is -0.385 e. The summed E-state index contributed by atoms with van der Waals surface area (Å²) in [6.07, 6.45) is 4.67. The summed E-state index contributed by atoms with van der Waals surface area (Å²) in [5, 5.41) is 10.7. The first-order valence-electron chi connectivity index (χ1n) is 6.85. The van der Waals surface area contributed by atoms with Gasteiger partial charge in [-0.2, -0.15) is 0 Å². The van der Waals surface area contributed by atoms with Gasteiger partial charge in [0.15, 0.2) is 5.00 Å². The Hall–Kier alpha value is -1.19. The van der Waals surface area contributed by atoms with Crippen molar-refractivity contribution < 1.29 is 13.3 Å². The summed E-state index contributed by atoms with van der Waals surface area (Å²) in [5.74, 6) is 0.609. The molecule has 1 aromatic heterocycles. The lowest BCUT2D eigenvalue weighted by Gasteiger charge is -2.15. The van der Waals surface area contributed by atoms with Gasteiger partial charge in [-0.1, -0.05) is 31.1 Å². The maximum absolute atomic E-state index is 12.3. The molecule has 1 heterocycles. The van der Waals surface area contributed by atoms with Gasteiger partial charge >= 0.3 is 5.69 Å². The molecular formula is C12H19N3O4S2. The van der Waals surface area contributed by atoms with Gasteiger partial charge in [0.2, 0.25) is 0 Å². The molecule has 0 bridgehead atoms. The van der Waals surface area contributed by atoms with E-state index in [9.17, 15) is 18.5 Å². The molecule has 1 aromatic rings. The highest BCUT2D eigenvalue weighted by Gasteiger charge is 2.27. The van der Waals surface area contributed by atoms with Gasteiger partial charge in [0.25, 0.3) is 10.0 Å². The van der Waals surface area contributed by atoms with Crippen LogP contribution in [0.4, 0.5) is 10.7 Å². The third-order valence-corrected chi connectivity index (χ3v) is 6.71. The summed E-state index contributed by atoms with van der Waals surface area (Å²) in [7, 11) is -3.74. The summed E-state index contributed by atoms with van der Waals surface area (Å²) in [6.45, 7) is 2.17. The zero-order chi connectivity index (χ0) is 15.6. The Labute approximate surface area is 127 Å². The fourth-order valence-corrected chi connectivity index (χ4v) is 5.07. The van der Waals surface area contributed by atoms with Crippen molar-refractivity contribution in [2.75, 3.05) is 5.73 Å². The first kappa shape index (κ1) is 16.2. The number of nitrogens with one attached hydrogen (secondary N) is 1. The molecule has 9 heteroatoms. The predicted octanol–water partition coefficient (Wildman–Crippen LogP) is 2.49. The minimum atomic E-state index is -3.74. The Bertz CT molecular complexity index is 626. The van der Waals surface area contributed by atoms with Crippen LogP contribution in [0.2, 0.25) is 0 Å². The van der Waals surface area contributed by atoms with Crippen LogP contribution in [0.15, 0.2) is 10.3 Å². The van der Waals surface area contributed by atoms with Gasteiger partial charge < -0.3 is 5.73 Å². The van der Waals surface area contributed by atoms with E-state index in [-0.39, 0.29) is 20.9 Å². The van der Waals surface area contributed by atoms with E-state index in [1.165, 1.54) is 0 Å². The maximum Gasteiger partial charge on any atom is 0.304 e. The summed E-state index contributed by atoms with van der Waals surface area (Å²) < 4.78 is 27.2. The lowest BCUT2D eigenvalue weighted by atomic mass is 10.0. The molecule has 1 saturated carbocycles. The Morgan fingerprint density at radius 2 is 2.10 bits per heavy atom. The molecule has 2 atom stereocenters. The molecule has 0 aliphatic heterocycles. The fraction of sp³-hybridized carbons (Fsp3) is 0.667. The van der Waals surface area contributed by atoms with Gasteiger partial charge in [-0.25, -0.2) is 13.1 Å². The average Bonchev–Trinajstić information content (AvgIpc) is 2.68. The van der Waals surface area contributed by atoms with Gasteiger partial charge in [0.1, 0.15) is 4.21 Å². The van der Waals surface area contributed by atoms with E-state index >= 15 is 0 Å².